The van der Waals surface area contributed by atoms with Crippen LogP contribution in [-0.4, -0.2) is 17.6 Å². The highest BCUT2D eigenvalue weighted by molar-refractivity contribution is 7.99. The van der Waals surface area contributed by atoms with Crippen molar-refractivity contribution in [3.63, 3.8) is 0 Å². The van der Waals surface area contributed by atoms with Crippen LogP contribution >= 0.6 is 11.8 Å². The predicted molar refractivity (Wildman–Crippen MR) is 106 cm³/mol. The summed E-state index contributed by atoms with van der Waals surface area (Å²) in [5.41, 5.74) is 1.98. The topological polar surface area (TPSA) is 49.3 Å². The molecular formula is C21H27NO2S. The number of carboxylic acids is 1. The Morgan fingerprint density at radius 3 is 2.48 bits per heavy atom. The SMILES string of the molecule is CCCCCCCNc1ccc(Sc2cccc(CC(=O)O)c2)cc1. The third-order valence-corrected chi connectivity index (χ3v) is 4.95. The number of anilines is 1. The van der Waals surface area contributed by atoms with Crippen LogP contribution in [0.2, 0.25) is 0 Å². The maximum absolute atomic E-state index is 10.8. The molecule has 0 aromatic heterocycles. The van der Waals surface area contributed by atoms with Gasteiger partial charge in [-0.2, -0.15) is 0 Å². The zero-order valence-corrected chi connectivity index (χ0v) is 15.6. The lowest BCUT2D eigenvalue weighted by Crippen LogP contribution is -2.01. The minimum Gasteiger partial charge on any atom is -0.481 e. The second-order valence-electron chi connectivity index (χ2n) is 6.19. The van der Waals surface area contributed by atoms with Gasteiger partial charge in [0.1, 0.15) is 0 Å². The van der Waals surface area contributed by atoms with Gasteiger partial charge in [0.15, 0.2) is 0 Å². The number of nitrogens with one attached hydrogen (secondary N) is 1. The second kappa shape index (κ2) is 10.8. The number of hydrogen-bond acceptors (Lipinski definition) is 3. The molecule has 0 aliphatic carbocycles. The molecule has 0 heterocycles. The van der Waals surface area contributed by atoms with E-state index >= 15 is 0 Å². The van der Waals surface area contributed by atoms with Crippen molar-refractivity contribution in [3.8, 4) is 0 Å². The van der Waals surface area contributed by atoms with Gasteiger partial charge in [-0.3, -0.25) is 4.79 Å². The van der Waals surface area contributed by atoms with E-state index < -0.39 is 5.97 Å². The number of hydrogen-bond donors (Lipinski definition) is 2. The van der Waals surface area contributed by atoms with Crippen molar-refractivity contribution in [3.05, 3.63) is 54.1 Å². The molecule has 0 fully saturated rings. The molecule has 0 spiro atoms. The van der Waals surface area contributed by atoms with E-state index in [4.69, 9.17) is 5.11 Å². The van der Waals surface area contributed by atoms with Crippen molar-refractivity contribution >= 4 is 23.4 Å². The van der Waals surface area contributed by atoms with Gasteiger partial charge < -0.3 is 10.4 Å². The molecule has 0 saturated heterocycles. The van der Waals surface area contributed by atoms with E-state index in [1.807, 2.05) is 24.3 Å². The molecule has 2 N–H and O–H groups in total. The number of aliphatic carboxylic acids is 1. The Labute approximate surface area is 154 Å². The molecule has 0 radical (unpaired) electrons. The van der Waals surface area contributed by atoms with Gasteiger partial charge in [0.25, 0.3) is 0 Å². The Hall–Kier alpha value is -1.94. The van der Waals surface area contributed by atoms with E-state index in [0.29, 0.717) is 0 Å². The molecular weight excluding hydrogens is 330 g/mol. The summed E-state index contributed by atoms with van der Waals surface area (Å²) in [5, 5.41) is 12.4. The summed E-state index contributed by atoms with van der Waals surface area (Å²) in [6, 6.07) is 16.1. The molecule has 25 heavy (non-hydrogen) atoms. The smallest absolute Gasteiger partial charge is 0.307 e. The third-order valence-electron chi connectivity index (χ3n) is 3.95. The summed E-state index contributed by atoms with van der Waals surface area (Å²) < 4.78 is 0. The minimum atomic E-state index is -0.799. The fourth-order valence-corrected chi connectivity index (χ4v) is 3.53. The van der Waals surface area contributed by atoms with E-state index in [1.165, 1.54) is 32.1 Å². The van der Waals surface area contributed by atoms with Crippen LogP contribution in [0.5, 0.6) is 0 Å². The molecule has 0 atom stereocenters. The number of benzene rings is 2. The van der Waals surface area contributed by atoms with E-state index in [1.54, 1.807) is 11.8 Å². The molecule has 0 bridgehead atoms. The van der Waals surface area contributed by atoms with Crippen LogP contribution in [-0.2, 0) is 11.2 Å². The highest BCUT2D eigenvalue weighted by atomic mass is 32.2. The lowest BCUT2D eigenvalue weighted by Gasteiger charge is -2.08. The molecule has 0 amide bonds. The van der Waals surface area contributed by atoms with Gasteiger partial charge >= 0.3 is 5.97 Å². The number of carbonyl (C=O) groups is 1. The molecule has 0 unspecified atom stereocenters. The summed E-state index contributed by atoms with van der Waals surface area (Å²) in [5.74, 6) is -0.799. The fourth-order valence-electron chi connectivity index (χ4n) is 2.63. The van der Waals surface area contributed by atoms with Crippen LogP contribution in [0.25, 0.3) is 0 Å². The van der Waals surface area contributed by atoms with E-state index in [9.17, 15) is 4.79 Å². The molecule has 2 aromatic rings. The van der Waals surface area contributed by atoms with E-state index in [2.05, 4.69) is 36.5 Å². The Bertz CT molecular complexity index is 655. The molecule has 0 aliphatic rings. The van der Waals surface area contributed by atoms with Crippen molar-refractivity contribution in [2.24, 2.45) is 0 Å². The number of unbranched alkanes of at least 4 members (excludes halogenated alkanes) is 4. The monoisotopic (exact) mass is 357 g/mol. The first-order valence-corrected chi connectivity index (χ1v) is 9.81. The van der Waals surface area contributed by atoms with Gasteiger partial charge in [-0.05, 0) is 48.4 Å². The molecule has 134 valence electrons. The minimum absolute atomic E-state index is 0.0650. The first kappa shape index (κ1) is 19.4. The number of rotatable bonds is 11. The molecule has 0 aliphatic heterocycles. The Balaban J connectivity index is 1.81. The van der Waals surface area contributed by atoms with Gasteiger partial charge in [-0.25, -0.2) is 0 Å². The van der Waals surface area contributed by atoms with Crippen LogP contribution in [0.1, 0.15) is 44.6 Å². The first-order chi connectivity index (χ1) is 12.2. The Kier molecular flexibility index (Phi) is 8.40. The number of carboxylic acid groups (broad SMARTS) is 1. The van der Waals surface area contributed by atoms with Gasteiger partial charge in [0.05, 0.1) is 6.42 Å². The van der Waals surface area contributed by atoms with Crippen LogP contribution in [0.15, 0.2) is 58.3 Å². The molecule has 2 rings (SSSR count). The average molecular weight is 358 g/mol. The summed E-state index contributed by atoms with van der Waals surface area (Å²) in [7, 11) is 0. The van der Waals surface area contributed by atoms with Crippen molar-refractivity contribution < 1.29 is 9.90 Å². The quantitative estimate of drug-likeness (QED) is 0.495. The standard InChI is InChI=1S/C21H27NO2S/c1-2-3-4-5-6-14-22-18-10-12-19(13-11-18)25-20-9-7-8-17(15-20)16-21(23)24/h7-13,15,22H,2-6,14,16H2,1H3,(H,23,24). The molecule has 0 saturated carbocycles. The third kappa shape index (κ3) is 7.65. The van der Waals surface area contributed by atoms with Gasteiger partial charge in [0, 0.05) is 22.0 Å². The molecule has 3 nitrogen and oxygen atoms in total. The van der Waals surface area contributed by atoms with Gasteiger partial charge in [0.2, 0.25) is 0 Å². The summed E-state index contributed by atoms with van der Waals surface area (Å²) in [4.78, 5) is 13.0. The van der Waals surface area contributed by atoms with Gasteiger partial charge in [-0.15, -0.1) is 0 Å². The first-order valence-electron chi connectivity index (χ1n) is 9.00. The van der Waals surface area contributed by atoms with Crippen LogP contribution < -0.4 is 5.32 Å². The zero-order chi connectivity index (χ0) is 17.9. The van der Waals surface area contributed by atoms with Crippen LogP contribution in [0.3, 0.4) is 0 Å². The molecule has 2 aromatic carbocycles. The maximum atomic E-state index is 10.8. The maximum Gasteiger partial charge on any atom is 0.307 e. The van der Waals surface area contributed by atoms with Crippen molar-refractivity contribution in [2.45, 2.75) is 55.2 Å². The van der Waals surface area contributed by atoms with Crippen molar-refractivity contribution in [1.29, 1.82) is 0 Å². The Morgan fingerprint density at radius 1 is 1.00 bits per heavy atom. The van der Waals surface area contributed by atoms with Crippen LogP contribution in [0, 0.1) is 0 Å². The largest absolute Gasteiger partial charge is 0.481 e. The lowest BCUT2D eigenvalue weighted by molar-refractivity contribution is -0.136. The normalized spacial score (nSPS) is 10.6. The van der Waals surface area contributed by atoms with Gasteiger partial charge in [-0.1, -0.05) is 56.5 Å². The summed E-state index contributed by atoms with van der Waals surface area (Å²) >= 11 is 1.65. The lowest BCUT2D eigenvalue weighted by atomic mass is 10.1. The van der Waals surface area contributed by atoms with E-state index in [0.717, 1.165) is 27.6 Å². The predicted octanol–water partition coefficient (Wildman–Crippen LogP) is 5.85. The average Bonchev–Trinajstić information content (AvgIpc) is 2.59. The second-order valence-corrected chi connectivity index (χ2v) is 7.33. The summed E-state index contributed by atoms with van der Waals surface area (Å²) in [6.45, 7) is 3.26. The zero-order valence-electron chi connectivity index (χ0n) is 14.8. The van der Waals surface area contributed by atoms with E-state index in [-0.39, 0.29) is 6.42 Å². The van der Waals surface area contributed by atoms with Crippen molar-refractivity contribution in [2.75, 3.05) is 11.9 Å². The highest BCUT2D eigenvalue weighted by Crippen LogP contribution is 2.29. The summed E-state index contributed by atoms with van der Waals surface area (Å²) in [6.07, 6.45) is 6.52. The fraction of sp³-hybridized carbons (Fsp3) is 0.381. The van der Waals surface area contributed by atoms with Crippen molar-refractivity contribution in [1.82, 2.24) is 0 Å². The Morgan fingerprint density at radius 2 is 1.76 bits per heavy atom. The van der Waals surface area contributed by atoms with Crippen LogP contribution in [0.4, 0.5) is 5.69 Å². The highest BCUT2D eigenvalue weighted by Gasteiger charge is 2.03. The molecule has 4 heteroatoms.